The molecule has 222 valence electrons. The molecule has 0 amide bonds. The second kappa shape index (κ2) is 15.1. The molecule has 0 atom stereocenters. The van der Waals surface area contributed by atoms with E-state index in [2.05, 4.69) is 86.9 Å². The molecular weight excluding hydrogens is 561 g/mol. The van der Waals surface area contributed by atoms with Gasteiger partial charge in [-0.3, -0.25) is 0 Å². The molecule has 5 rings (SSSR count). The fourth-order valence-electron chi connectivity index (χ4n) is 5.18. The van der Waals surface area contributed by atoms with Crippen LogP contribution in [0.1, 0.15) is 0 Å². The summed E-state index contributed by atoms with van der Waals surface area (Å²) in [4.78, 5) is 0. The van der Waals surface area contributed by atoms with Crippen molar-refractivity contribution in [1.82, 2.24) is 0 Å². The number of ether oxygens (including phenoxy) is 6. The zero-order valence-corrected chi connectivity index (χ0v) is 27.3. The van der Waals surface area contributed by atoms with Crippen LogP contribution in [0, 0.1) is 0 Å². The highest BCUT2D eigenvalue weighted by Crippen LogP contribution is 2.45. The molecule has 0 saturated carbocycles. The molecule has 0 aromatic heterocycles. The molecule has 0 bridgehead atoms. The van der Waals surface area contributed by atoms with E-state index < -0.39 is 17.6 Å². The van der Waals surface area contributed by atoms with Gasteiger partial charge in [-0.2, -0.15) is 0 Å². The van der Waals surface area contributed by atoms with Gasteiger partial charge in [0.1, 0.15) is 24.7 Å². The molecule has 4 aromatic rings. The predicted octanol–water partition coefficient (Wildman–Crippen LogP) is 5.42. The maximum atomic E-state index is 6.47. The van der Waals surface area contributed by atoms with Crippen LogP contribution in [0.2, 0.25) is 26.2 Å². The first kappa shape index (κ1) is 30.7. The van der Waals surface area contributed by atoms with Gasteiger partial charge in [-0.25, -0.2) is 0 Å². The molecule has 0 unspecified atom stereocenters. The zero-order chi connectivity index (χ0) is 29.3. The second-order valence-corrected chi connectivity index (χ2v) is 16.1. The van der Waals surface area contributed by atoms with Gasteiger partial charge in [0.25, 0.3) is 0 Å². The van der Waals surface area contributed by atoms with E-state index in [-0.39, 0.29) is 0 Å². The standard InChI is InChI=1S/C34H42O6Si2/c1-41(2)27-7-9-29-25(23-27)5-11-31-33(29)34-30-10-8-28(42(3)4)24-26(30)6-12-32(34)40-22-20-38-18-16-36-14-13-35-15-17-37-19-21-39-31/h5-12,23-24H,13-22H2,1-4H3. The van der Waals surface area contributed by atoms with Crippen LogP contribution >= 0.6 is 0 Å². The molecule has 1 heterocycles. The highest BCUT2D eigenvalue weighted by molar-refractivity contribution is 6.71. The highest BCUT2D eigenvalue weighted by Gasteiger charge is 2.20. The van der Waals surface area contributed by atoms with Gasteiger partial charge in [0.15, 0.2) is 0 Å². The van der Waals surface area contributed by atoms with Crippen molar-refractivity contribution >= 4 is 49.5 Å². The predicted molar refractivity (Wildman–Crippen MR) is 175 cm³/mol. The molecule has 1 aliphatic heterocycles. The van der Waals surface area contributed by atoms with Crippen molar-refractivity contribution in [2.45, 2.75) is 26.2 Å². The van der Waals surface area contributed by atoms with Crippen molar-refractivity contribution < 1.29 is 28.4 Å². The highest BCUT2D eigenvalue weighted by atomic mass is 28.3. The average Bonchev–Trinajstić information content (AvgIpc) is 2.99. The van der Waals surface area contributed by atoms with Gasteiger partial charge >= 0.3 is 0 Å². The topological polar surface area (TPSA) is 55.4 Å². The minimum Gasteiger partial charge on any atom is -0.491 e. The van der Waals surface area contributed by atoms with Crippen molar-refractivity contribution in [3.63, 3.8) is 0 Å². The van der Waals surface area contributed by atoms with Crippen LogP contribution in [0.4, 0.5) is 0 Å². The number of benzene rings is 4. The van der Waals surface area contributed by atoms with Gasteiger partial charge in [-0.05, 0) is 33.7 Å². The summed E-state index contributed by atoms with van der Waals surface area (Å²) in [6.45, 7) is 14.3. The number of hydrogen-bond acceptors (Lipinski definition) is 6. The van der Waals surface area contributed by atoms with Gasteiger partial charge in [0.05, 0.1) is 70.4 Å². The molecule has 1 aliphatic rings. The Hall–Kier alpha value is -2.73. The molecule has 6 nitrogen and oxygen atoms in total. The lowest BCUT2D eigenvalue weighted by molar-refractivity contribution is -0.00704. The maximum absolute atomic E-state index is 6.47. The molecule has 8 heteroatoms. The Bertz CT molecular complexity index is 1360. The van der Waals surface area contributed by atoms with Crippen LogP contribution < -0.4 is 19.8 Å². The fraction of sp³-hybridized carbons (Fsp3) is 0.412. The largest absolute Gasteiger partial charge is 0.491 e. The summed E-state index contributed by atoms with van der Waals surface area (Å²) in [7, 11) is -1.18. The third-order valence-electron chi connectivity index (χ3n) is 7.45. The minimum absolute atomic E-state index is 0.438. The van der Waals surface area contributed by atoms with Crippen LogP contribution in [0.25, 0.3) is 32.7 Å². The molecular formula is C34H42O6Si2. The second-order valence-electron chi connectivity index (χ2n) is 10.9. The van der Waals surface area contributed by atoms with Crippen molar-refractivity contribution in [3.05, 3.63) is 60.7 Å². The Morgan fingerprint density at radius 2 is 0.786 bits per heavy atom. The molecule has 0 saturated heterocycles. The smallest absolute Gasteiger partial charge is 0.128 e. The third-order valence-corrected chi connectivity index (χ3v) is 10.4. The van der Waals surface area contributed by atoms with E-state index in [0.717, 1.165) is 33.4 Å². The van der Waals surface area contributed by atoms with E-state index >= 15 is 0 Å². The van der Waals surface area contributed by atoms with Crippen molar-refractivity contribution in [2.24, 2.45) is 0 Å². The minimum atomic E-state index is -0.589. The molecule has 2 radical (unpaired) electrons. The number of rotatable bonds is 2. The van der Waals surface area contributed by atoms with Crippen LogP contribution in [-0.4, -0.2) is 83.7 Å². The van der Waals surface area contributed by atoms with Crippen LogP contribution in [0.3, 0.4) is 0 Å². The van der Waals surface area contributed by atoms with Crippen LogP contribution in [-0.2, 0) is 18.9 Å². The van der Waals surface area contributed by atoms with E-state index in [1.807, 2.05) is 0 Å². The maximum Gasteiger partial charge on any atom is 0.128 e. The van der Waals surface area contributed by atoms with Gasteiger partial charge in [0, 0.05) is 11.1 Å². The first-order valence-corrected chi connectivity index (χ1v) is 19.8. The Labute approximate surface area is 253 Å². The Balaban J connectivity index is 1.62. The quantitative estimate of drug-likeness (QED) is 0.286. The normalized spacial score (nSPS) is 16.5. The number of hydrogen-bond donors (Lipinski definition) is 0. The molecule has 0 fully saturated rings. The number of fused-ring (bicyclic) bond motifs is 7. The summed E-state index contributed by atoms with van der Waals surface area (Å²) >= 11 is 0. The van der Waals surface area contributed by atoms with Crippen molar-refractivity contribution in [1.29, 1.82) is 0 Å². The first-order chi connectivity index (χ1) is 20.5. The summed E-state index contributed by atoms with van der Waals surface area (Å²) in [5.41, 5.74) is 2.11. The van der Waals surface area contributed by atoms with E-state index in [9.17, 15) is 0 Å². The van der Waals surface area contributed by atoms with Gasteiger partial charge in [-0.1, -0.05) is 85.1 Å². The lowest BCUT2D eigenvalue weighted by Crippen LogP contribution is -2.22. The molecule has 42 heavy (non-hydrogen) atoms. The Morgan fingerprint density at radius 3 is 1.14 bits per heavy atom. The lowest BCUT2D eigenvalue weighted by atomic mass is 9.92. The third kappa shape index (κ3) is 7.61. The van der Waals surface area contributed by atoms with Crippen LogP contribution in [0.15, 0.2) is 60.7 Å². The summed E-state index contributed by atoms with van der Waals surface area (Å²) in [6, 6.07) is 22.3. The zero-order valence-electron chi connectivity index (χ0n) is 25.3. The Kier molecular flexibility index (Phi) is 11.1. The summed E-state index contributed by atoms with van der Waals surface area (Å²) in [5, 5.41) is 7.55. The van der Waals surface area contributed by atoms with Crippen molar-refractivity contribution in [2.75, 3.05) is 66.1 Å². The van der Waals surface area contributed by atoms with E-state index in [4.69, 9.17) is 28.4 Å². The van der Waals surface area contributed by atoms with Gasteiger partial charge < -0.3 is 28.4 Å². The fourth-order valence-corrected chi connectivity index (χ4v) is 6.90. The lowest BCUT2D eigenvalue weighted by Gasteiger charge is -2.21. The summed E-state index contributed by atoms with van der Waals surface area (Å²) in [5.74, 6) is 1.65. The summed E-state index contributed by atoms with van der Waals surface area (Å²) < 4.78 is 35.8. The molecule has 0 aliphatic carbocycles. The Morgan fingerprint density at radius 1 is 0.429 bits per heavy atom. The average molecular weight is 603 g/mol. The van der Waals surface area contributed by atoms with Crippen LogP contribution in [0.5, 0.6) is 11.5 Å². The van der Waals surface area contributed by atoms with Gasteiger partial charge in [-0.15, -0.1) is 0 Å². The summed E-state index contributed by atoms with van der Waals surface area (Å²) in [6.07, 6.45) is 0. The molecule has 4 aromatic carbocycles. The monoisotopic (exact) mass is 602 g/mol. The SMILES string of the molecule is C[Si](C)c1ccc2c3c(ccc2c1)OCCOCCOCCOCCOCCOc1ccc2cc([Si](C)C)ccc2c1-3. The van der Waals surface area contributed by atoms with Gasteiger partial charge in [0.2, 0.25) is 0 Å². The van der Waals surface area contributed by atoms with Crippen molar-refractivity contribution in [3.8, 4) is 22.6 Å². The van der Waals surface area contributed by atoms with E-state index in [0.29, 0.717) is 66.1 Å². The molecule has 0 N–H and O–H groups in total. The van der Waals surface area contributed by atoms with E-state index in [1.54, 1.807) is 0 Å². The van der Waals surface area contributed by atoms with E-state index in [1.165, 1.54) is 21.1 Å². The first-order valence-electron chi connectivity index (χ1n) is 14.8. The molecule has 0 spiro atoms.